The van der Waals surface area contributed by atoms with Crippen molar-refractivity contribution in [1.82, 2.24) is 0 Å². The highest BCUT2D eigenvalue weighted by atomic mass is 35.5. The van der Waals surface area contributed by atoms with Crippen molar-refractivity contribution in [3.05, 3.63) is 64.9 Å². The third-order valence-corrected chi connectivity index (χ3v) is 3.06. The van der Waals surface area contributed by atoms with Gasteiger partial charge in [-0.05, 0) is 49.4 Å². The van der Waals surface area contributed by atoms with Crippen molar-refractivity contribution in [1.29, 1.82) is 0 Å². The van der Waals surface area contributed by atoms with Gasteiger partial charge in [0, 0.05) is 10.7 Å². The van der Waals surface area contributed by atoms with Crippen LogP contribution in [0.5, 0.6) is 0 Å². The zero-order valence-corrected chi connectivity index (χ0v) is 12.4. The van der Waals surface area contributed by atoms with Crippen LogP contribution < -0.4 is 5.32 Å². The monoisotopic (exact) mass is 321 g/mol. The van der Waals surface area contributed by atoms with Crippen LogP contribution in [0.4, 0.5) is 10.1 Å². The Bertz CT molecular complexity index is 688. The number of benzene rings is 2. The molecule has 2 rings (SSSR count). The number of hydrogen-bond acceptors (Lipinski definition) is 3. The molecule has 2 aromatic rings. The van der Waals surface area contributed by atoms with E-state index >= 15 is 0 Å². The molecule has 0 heterocycles. The maximum Gasteiger partial charge on any atom is 0.338 e. The van der Waals surface area contributed by atoms with Gasteiger partial charge in [-0.2, -0.15) is 0 Å². The zero-order valence-electron chi connectivity index (χ0n) is 11.7. The van der Waals surface area contributed by atoms with E-state index in [-0.39, 0.29) is 5.56 Å². The molecule has 0 fully saturated rings. The van der Waals surface area contributed by atoms with Crippen LogP contribution in [0.25, 0.3) is 0 Å². The van der Waals surface area contributed by atoms with Gasteiger partial charge in [0.05, 0.1) is 5.56 Å². The molecule has 0 aliphatic rings. The minimum absolute atomic E-state index is 0.170. The van der Waals surface area contributed by atoms with Crippen molar-refractivity contribution in [2.45, 2.75) is 13.0 Å². The molecular formula is C16H13ClFNO3. The lowest BCUT2D eigenvalue weighted by Crippen LogP contribution is -2.30. The molecule has 1 atom stereocenters. The third kappa shape index (κ3) is 4.30. The van der Waals surface area contributed by atoms with Crippen LogP contribution >= 0.6 is 11.6 Å². The SMILES string of the molecule is C[C@H](OC(=O)c1ccc(F)cc1)C(=O)Nc1cccc(Cl)c1. The van der Waals surface area contributed by atoms with Gasteiger partial charge in [-0.15, -0.1) is 0 Å². The van der Waals surface area contributed by atoms with E-state index in [2.05, 4.69) is 5.32 Å². The summed E-state index contributed by atoms with van der Waals surface area (Å²) in [6.45, 7) is 1.45. The van der Waals surface area contributed by atoms with E-state index in [1.165, 1.54) is 19.1 Å². The van der Waals surface area contributed by atoms with Crippen LogP contribution in [0.1, 0.15) is 17.3 Å². The summed E-state index contributed by atoms with van der Waals surface area (Å²) in [5.74, 6) is -1.64. The maximum absolute atomic E-state index is 12.8. The molecule has 114 valence electrons. The van der Waals surface area contributed by atoms with Crippen LogP contribution in [0.2, 0.25) is 5.02 Å². The van der Waals surface area contributed by atoms with Gasteiger partial charge in [-0.1, -0.05) is 17.7 Å². The molecule has 0 saturated carbocycles. The van der Waals surface area contributed by atoms with E-state index in [1.807, 2.05) is 0 Å². The zero-order chi connectivity index (χ0) is 16.1. The van der Waals surface area contributed by atoms with Crippen molar-refractivity contribution in [2.75, 3.05) is 5.32 Å². The molecule has 0 aliphatic heterocycles. The van der Waals surface area contributed by atoms with Gasteiger partial charge in [-0.3, -0.25) is 4.79 Å². The topological polar surface area (TPSA) is 55.4 Å². The molecule has 0 saturated heterocycles. The average Bonchev–Trinajstić information content (AvgIpc) is 2.47. The number of carbonyl (C=O) groups is 2. The number of ether oxygens (including phenoxy) is 1. The van der Waals surface area contributed by atoms with Crippen molar-refractivity contribution in [3.8, 4) is 0 Å². The Hall–Kier alpha value is -2.40. The largest absolute Gasteiger partial charge is 0.449 e. The number of rotatable bonds is 4. The van der Waals surface area contributed by atoms with E-state index in [1.54, 1.807) is 24.3 Å². The normalized spacial score (nSPS) is 11.6. The molecule has 0 radical (unpaired) electrons. The number of hydrogen-bond donors (Lipinski definition) is 1. The predicted octanol–water partition coefficient (Wildman–Crippen LogP) is 3.66. The molecule has 1 amide bonds. The second kappa shape index (κ2) is 7.04. The highest BCUT2D eigenvalue weighted by molar-refractivity contribution is 6.30. The van der Waals surface area contributed by atoms with Crippen molar-refractivity contribution in [3.63, 3.8) is 0 Å². The first-order valence-corrected chi connectivity index (χ1v) is 6.86. The van der Waals surface area contributed by atoms with Crippen molar-refractivity contribution >= 4 is 29.2 Å². The molecule has 0 bridgehead atoms. The Balaban J connectivity index is 1.96. The molecule has 6 heteroatoms. The first kappa shape index (κ1) is 16.0. The maximum atomic E-state index is 12.8. The lowest BCUT2D eigenvalue weighted by Gasteiger charge is -2.13. The molecular weight excluding hydrogens is 309 g/mol. The Morgan fingerprint density at radius 2 is 1.86 bits per heavy atom. The summed E-state index contributed by atoms with van der Waals surface area (Å²) in [5, 5.41) is 3.07. The summed E-state index contributed by atoms with van der Waals surface area (Å²) >= 11 is 5.82. The van der Waals surface area contributed by atoms with Crippen LogP contribution in [0, 0.1) is 5.82 Å². The third-order valence-electron chi connectivity index (χ3n) is 2.83. The molecule has 22 heavy (non-hydrogen) atoms. The minimum Gasteiger partial charge on any atom is -0.449 e. The number of carbonyl (C=O) groups excluding carboxylic acids is 2. The van der Waals surface area contributed by atoms with Crippen molar-refractivity contribution in [2.24, 2.45) is 0 Å². The van der Waals surface area contributed by atoms with Gasteiger partial charge in [0.2, 0.25) is 0 Å². The van der Waals surface area contributed by atoms with Crippen LogP contribution in [0.3, 0.4) is 0 Å². The molecule has 2 aromatic carbocycles. The van der Waals surface area contributed by atoms with Gasteiger partial charge in [0.25, 0.3) is 5.91 Å². The summed E-state index contributed by atoms with van der Waals surface area (Å²) in [5.41, 5.74) is 0.672. The fraction of sp³-hybridized carbons (Fsp3) is 0.125. The Morgan fingerprint density at radius 3 is 2.50 bits per heavy atom. The molecule has 0 aromatic heterocycles. The molecule has 0 aliphatic carbocycles. The second-order valence-electron chi connectivity index (χ2n) is 4.55. The number of esters is 1. The summed E-state index contributed by atoms with van der Waals surface area (Å²) in [4.78, 5) is 23.8. The van der Waals surface area contributed by atoms with Gasteiger partial charge in [0.15, 0.2) is 6.10 Å². The van der Waals surface area contributed by atoms with Gasteiger partial charge >= 0.3 is 5.97 Å². The molecule has 0 spiro atoms. The summed E-state index contributed by atoms with van der Waals surface area (Å²) in [7, 11) is 0. The average molecular weight is 322 g/mol. The van der Waals surface area contributed by atoms with Crippen molar-refractivity contribution < 1.29 is 18.7 Å². The summed E-state index contributed by atoms with van der Waals surface area (Å²) in [6, 6.07) is 11.5. The lowest BCUT2D eigenvalue weighted by atomic mass is 10.2. The van der Waals surface area contributed by atoms with E-state index < -0.39 is 23.8 Å². The Labute approximate surface area is 131 Å². The molecule has 0 unspecified atom stereocenters. The standard InChI is InChI=1S/C16H13ClFNO3/c1-10(15(20)19-14-4-2-3-12(17)9-14)22-16(21)11-5-7-13(18)8-6-11/h2-10H,1H3,(H,19,20)/t10-/m0/s1. The van der Waals surface area contributed by atoms with Gasteiger partial charge in [0.1, 0.15) is 5.82 Å². The number of halogens is 2. The highest BCUT2D eigenvalue weighted by Gasteiger charge is 2.19. The predicted molar refractivity (Wildman–Crippen MR) is 81.4 cm³/mol. The van der Waals surface area contributed by atoms with Gasteiger partial charge < -0.3 is 10.1 Å². The smallest absolute Gasteiger partial charge is 0.338 e. The number of nitrogens with one attached hydrogen (secondary N) is 1. The first-order chi connectivity index (χ1) is 10.5. The van der Waals surface area contributed by atoms with Gasteiger partial charge in [-0.25, -0.2) is 9.18 Å². The Morgan fingerprint density at radius 1 is 1.18 bits per heavy atom. The quantitative estimate of drug-likeness (QED) is 0.874. The Kier molecular flexibility index (Phi) is 5.12. The highest BCUT2D eigenvalue weighted by Crippen LogP contribution is 2.15. The van der Waals surface area contributed by atoms with E-state index in [4.69, 9.17) is 16.3 Å². The fourth-order valence-corrected chi connectivity index (χ4v) is 1.87. The van der Waals surface area contributed by atoms with E-state index in [9.17, 15) is 14.0 Å². The first-order valence-electron chi connectivity index (χ1n) is 6.48. The van der Waals surface area contributed by atoms with Crippen LogP contribution in [-0.4, -0.2) is 18.0 Å². The molecule has 4 nitrogen and oxygen atoms in total. The van der Waals surface area contributed by atoms with E-state index in [0.717, 1.165) is 12.1 Å². The van der Waals surface area contributed by atoms with E-state index in [0.29, 0.717) is 10.7 Å². The minimum atomic E-state index is -1.00. The summed E-state index contributed by atoms with van der Waals surface area (Å²) in [6.07, 6.45) is -1.00. The lowest BCUT2D eigenvalue weighted by molar-refractivity contribution is -0.123. The number of amides is 1. The second-order valence-corrected chi connectivity index (χ2v) is 4.99. The van der Waals surface area contributed by atoms with Crippen LogP contribution in [0.15, 0.2) is 48.5 Å². The molecule has 1 N–H and O–H groups in total. The fourth-order valence-electron chi connectivity index (χ4n) is 1.68. The number of anilines is 1. The summed E-state index contributed by atoms with van der Waals surface area (Å²) < 4.78 is 17.8. The van der Waals surface area contributed by atoms with Crippen LogP contribution in [-0.2, 0) is 9.53 Å².